The van der Waals surface area contributed by atoms with Gasteiger partial charge in [-0.15, -0.1) is 0 Å². The lowest BCUT2D eigenvalue weighted by molar-refractivity contribution is 0.217. The van der Waals surface area contributed by atoms with E-state index in [4.69, 9.17) is 5.73 Å². The Hall–Kier alpha value is -0.770. The summed E-state index contributed by atoms with van der Waals surface area (Å²) in [5, 5.41) is 3.39. The second-order valence-corrected chi connectivity index (χ2v) is 3.92. The van der Waals surface area contributed by atoms with Crippen molar-refractivity contribution in [2.75, 3.05) is 26.7 Å². The molecule has 0 spiro atoms. The van der Waals surface area contributed by atoms with Gasteiger partial charge in [0.05, 0.1) is 0 Å². The lowest BCUT2D eigenvalue weighted by atomic mass is 10.2. The summed E-state index contributed by atoms with van der Waals surface area (Å²) in [6.07, 6.45) is 5.86. The van der Waals surface area contributed by atoms with Gasteiger partial charge in [-0.05, 0) is 32.4 Å². The van der Waals surface area contributed by atoms with E-state index >= 15 is 0 Å². The number of carbonyl (C=O) groups is 1. The van der Waals surface area contributed by atoms with E-state index in [1.165, 1.54) is 19.3 Å². The number of amides is 2. The first-order valence-electron chi connectivity index (χ1n) is 5.89. The number of carbonyl (C=O) groups excluding carboxylic acids is 1. The van der Waals surface area contributed by atoms with Gasteiger partial charge in [-0.25, -0.2) is 4.79 Å². The molecule has 0 aromatic carbocycles. The number of nitrogens with one attached hydrogen (secondary N) is 1. The largest absolute Gasteiger partial charge is 0.351 e. The molecule has 15 heavy (non-hydrogen) atoms. The minimum atomic E-state index is -0.337. The van der Waals surface area contributed by atoms with E-state index < -0.39 is 0 Å². The molecule has 0 radical (unpaired) electrons. The Bertz CT molecular complexity index is 162. The van der Waals surface area contributed by atoms with Gasteiger partial charge in [0.2, 0.25) is 0 Å². The van der Waals surface area contributed by atoms with Crippen LogP contribution in [-0.4, -0.2) is 37.6 Å². The Morgan fingerprint density at radius 3 is 2.47 bits per heavy atom. The Kier molecular flexibility index (Phi) is 9.27. The first-order valence-corrected chi connectivity index (χ1v) is 5.89. The molecule has 0 aromatic rings. The third kappa shape index (κ3) is 9.53. The van der Waals surface area contributed by atoms with Gasteiger partial charge < -0.3 is 16.0 Å². The van der Waals surface area contributed by atoms with Gasteiger partial charge in [-0.2, -0.15) is 0 Å². The Labute approximate surface area is 93.2 Å². The molecule has 4 nitrogen and oxygen atoms in total. The summed E-state index contributed by atoms with van der Waals surface area (Å²) in [5.41, 5.74) is 5.11. The number of nitrogens with two attached hydrogens (primary N) is 1. The fourth-order valence-electron chi connectivity index (χ4n) is 1.31. The normalized spacial score (nSPS) is 10.3. The summed E-state index contributed by atoms with van der Waals surface area (Å²) >= 11 is 0. The van der Waals surface area contributed by atoms with Crippen LogP contribution >= 0.6 is 0 Å². The van der Waals surface area contributed by atoms with Crippen LogP contribution in [0.3, 0.4) is 0 Å². The molecular weight excluding hydrogens is 190 g/mol. The maximum Gasteiger partial charge on any atom is 0.314 e. The highest BCUT2D eigenvalue weighted by molar-refractivity contribution is 5.71. The third-order valence-electron chi connectivity index (χ3n) is 2.43. The van der Waals surface area contributed by atoms with Crippen LogP contribution in [0.4, 0.5) is 4.79 Å². The Morgan fingerprint density at radius 2 is 1.87 bits per heavy atom. The summed E-state index contributed by atoms with van der Waals surface area (Å²) in [6.45, 7) is 5.17. The molecule has 0 fully saturated rings. The van der Waals surface area contributed by atoms with Crippen molar-refractivity contribution in [1.29, 1.82) is 0 Å². The van der Waals surface area contributed by atoms with Crippen LogP contribution in [0.5, 0.6) is 0 Å². The lowest BCUT2D eigenvalue weighted by Gasteiger charge is -2.13. The zero-order valence-electron chi connectivity index (χ0n) is 10.1. The van der Waals surface area contributed by atoms with E-state index in [0.717, 1.165) is 32.5 Å². The van der Waals surface area contributed by atoms with Crippen molar-refractivity contribution >= 4 is 6.03 Å². The molecule has 0 unspecified atom stereocenters. The zero-order chi connectivity index (χ0) is 11.5. The summed E-state index contributed by atoms with van der Waals surface area (Å²) < 4.78 is 0. The number of unbranched alkanes of at least 4 members (excludes halogenated alkanes) is 3. The molecule has 0 aliphatic rings. The zero-order valence-corrected chi connectivity index (χ0v) is 10.1. The van der Waals surface area contributed by atoms with Gasteiger partial charge >= 0.3 is 6.03 Å². The van der Waals surface area contributed by atoms with Crippen LogP contribution in [0.15, 0.2) is 0 Å². The summed E-state index contributed by atoms with van der Waals surface area (Å²) in [4.78, 5) is 12.2. The summed E-state index contributed by atoms with van der Waals surface area (Å²) in [7, 11) is 1.74. The van der Waals surface area contributed by atoms with Gasteiger partial charge in [0.1, 0.15) is 0 Å². The van der Waals surface area contributed by atoms with Crippen molar-refractivity contribution in [3.63, 3.8) is 0 Å². The molecule has 0 rings (SSSR count). The summed E-state index contributed by atoms with van der Waals surface area (Å²) in [6, 6.07) is -0.337. The number of nitrogens with zero attached hydrogens (tertiary/aromatic N) is 1. The van der Waals surface area contributed by atoms with Gasteiger partial charge in [0.25, 0.3) is 0 Å². The molecule has 0 heterocycles. The highest BCUT2D eigenvalue weighted by Gasteiger charge is 2.00. The molecule has 0 saturated carbocycles. The van der Waals surface area contributed by atoms with Gasteiger partial charge in [0, 0.05) is 13.6 Å². The van der Waals surface area contributed by atoms with Crippen LogP contribution in [0.25, 0.3) is 0 Å². The molecule has 0 aromatic heterocycles. The highest BCUT2D eigenvalue weighted by atomic mass is 16.2. The maximum absolute atomic E-state index is 10.7. The van der Waals surface area contributed by atoms with Gasteiger partial charge in [0.15, 0.2) is 0 Å². The smallest absolute Gasteiger partial charge is 0.314 e. The van der Waals surface area contributed by atoms with Gasteiger partial charge in [-0.3, -0.25) is 0 Å². The molecule has 0 aliphatic carbocycles. The number of hydrogen-bond acceptors (Lipinski definition) is 2. The number of primary amides is 1. The van der Waals surface area contributed by atoms with Crippen LogP contribution in [0, 0.1) is 0 Å². The third-order valence-corrected chi connectivity index (χ3v) is 2.43. The number of hydrogen-bond donors (Lipinski definition) is 2. The molecular formula is C11H25N3O. The van der Waals surface area contributed by atoms with Crippen LogP contribution in [0.2, 0.25) is 0 Å². The van der Waals surface area contributed by atoms with Crippen molar-refractivity contribution < 1.29 is 4.79 Å². The average molecular weight is 215 g/mol. The van der Waals surface area contributed by atoms with Crippen molar-refractivity contribution in [2.24, 2.45) is 5.73 Å². The second-order valence-electron chi connectivity index (χ2n) is 3.92. The maximum atomic E-state index is 10.7. The predicted molar refractivity (Wildman–Crippen MR) is 63.8 cm³/mol. The topological polar surface area (TPSA) is 58.4 Å². The van der Waals surface area contributed by atoms with E-state index in [-0.39, 0.29) is 6.03 Å². The van der Waals surface area contributed by atoms with Crippen molar-refractivity contribution in [2.45, 2.75) is 39.0 Å². The van der Waals surface area contributed by atoms with Crippen LogP contribution in [-0.2, 0) is 0 Å². The number of urea groups is 1. The summed E-state index contributed by atoms with van der Waals surface area (Å²) in [5.74, 6) is 0. The van der Waals surface area contributed by atoms with E-state index in [1.54, 1.807) is 11.9 Å². The first-order chi connectivity index (χ1) is 7.18. The quantitative estimate of drug-likeness (QED) is 0.573. The minimum Gasteiger partial charge on any atom is -0.351 e. The van der Waals surface area contributed by atoms with Gasteiger partial charge in [-0.1, -0.05) is 19.8 Å². The van der Waals surface area contributed by atoms with E-state index in [1.807, 2.05) is 0 Å². The fourth-order valence-corrected chi connectivity index (χ4v) is 1.31. The van der Waals surface area contributed by atoms with E-state index in [0.29, 0.717) is 0 Å². The molecule has 0 saturated heterocycles. The lowest BCUT2D eigenvalue weighted by Crippen LogP contribution is -2.32. The molecule has 2 amide bonds. The number of rotatable bonds is 9. The van der Waals surface area contributed by atoms with Crippen molar-refractivity contribution in [1.82, 2.24) is 10.2 Å². The van der Waals surface area contributed by atoms with Crippen molar-refractivity contribution in [3.05, 3.63) is 0 Å². The molecule has 0 aliphatic heterocycles. The molecule has 3 N–H and O–H groups in total. The highest BCUT2D eigenvalue weighted by Crippen LogP contribution is 1.96. The predicted octanol–water partition coefficient (Wildman–Crippen LogP) is 1.56. The average Bonchev–Trinajstić information content (AvgIpc) is 2.21. The minimum absolute atomic E-state index is 0.337. The molecule has 4 heteroatoms. The molecule has 0 bridgehead atoms. The van der Waals surface area contributed by atoms with E-state index in [9.17, 15) is 4.79 Å². The SMILES string of the molecule is CCCCNCCCCCN(C)C(N)=O. The first kappa shape index (κ1) is 14.2. The Balaban J connectivity index is 3.08. The monoisotopic (exact) mass is 215 g/mol. The fraction of sp³-hybridized carbons (Fsp3) is 0.909. The standard InChI is InChI=1S/C11H25N3O/c1-3-4-8-13-9-6-5-7-10-14(2)11(12)15/h13H,3-10H2,1-2H3,(H2,12,15). The molecule has 0 atom stereocenters. The van der Waals surface area contributed by atoms with E-state index in [2.05, 4.69) is 12.2 Å². The second kappa shape index (κ2) is 9.77. The van der Waals surface area contributed by atoms with Crippen LogP contribution in [0.1, 0.15) is 39.0 Å². The molecule has 90 valence electrons. The van der Waals surface area contributed by atoms with Crippen molar-refractivity contribution in [3.8, 4) is 0 Å². The van der Waals surface area contributed by atoms with Crippen LogP contribution < -0.4 is 11.1 Å². The Morgan fingerprint density at radius 1 is 1.20 bits per heavy atom.